The third kappa shape index (κ3) is 3.87. The Morgan fingerprint density at radius 3 is 2.60 bits per heavy atom. The summed E-state index contributed by atoms with van der Waals surface area (Å²) in [6.07, 6.45) is 1.78. The Labute approximate surface area is 89.4 Å². The minimum Gasteiger partial charge on any atom is -0.462 e. The molecule has 4 nitrogen and oxygen atoms in total. The first-order chi connectivity index (χ1) is 7.30. The molecule has 15 heavy (non-hydrogen) atoms. The molecule has 84 valence electrons. The molecule has 0 fully saturated rings. The van der Waals surface area contributed by atoms with Crippen molar-refractivity contribution in [3.05, 3.63) is 36.3 Å². The van der Waals surface area contributed by atoms with Gasteiger partial charge in [-0.1, -0.05) is 6.08 Å². The molecule has 0 aliphatic rings. The van der Waals surface area contributed by atoms with Crippen molar-refractivity contribution in [2.45, 2.75) is 13.2 Å². The fraction of sp³-hybridized carbons (Fsp3) is 0.455. The van der Waals surface area contributed by atoms with E-state index in [-0.39, 0.29) is 13.2 Å². The van der Waals surface area contributed by atoms with Gasteiger partial charge in [0.25, 0.3) is 0 Å². The maximum Gasteiger partial charge on any atom is 0.129 e. The zero-order valence-electron chi connectivity index (χ0n) is 8.72. The lowest BCUT2D eigenvalue weighted by molar-refractivity contribution is 0.188. The highest BCUT2D eigenvalue weighted by Gasteiger charge is 2.07. The molecule has 0 aromatic carbocycles. The van der Waals surface area contributed by atoms with Crippen molar-refractivity contribution in [3.8, 4) is 0 Å². The van der Waals surface area contributed by atoms with Gasteiger partial charge in [-0.3, -0.25) is 4.90 Å². The van der Waals surface area contributed by atoms with Crippen LogP contribution in [0.3, 0.4) is 0 Å². The summed E-state index contributed by atoms with van der Waals surface area (Å²) in [6.45, 7) is 5.59. The molecule has 0 saturated carbocycles. The molecule has 1 heterocycles. The number of furan rings is 1. The summed E-state index contributed by atoms with van der Waals surface area (Å²) in [7, 11) is 0. The van der Waals surface area contributed by atoms with E-state index in [9.17, 15) is 0 Å². The van der Waals surface area contributed by atoms with E-state index < -0.39 is 0 Å². The zero-order valence-corrected chi connectivity index (χ0v) is 8.72. The number of hydrogen-bond acceptors (Lipinski definition) is 4. The van der Waals surface area contributed by atoms with Gasteiger partial charge in [-0.05, 0) is 12.1 Å². The van der Waals surface area contributed by atoms with Gasteiger partial charge >= 0.3 is 0 Å². The molecule has 0 bridgehead atoms. The van der Waals surface area contributed by atoms with E-state index in [1.807, 2.05) is 11.0 Å². The van der Waals surface area contributed by atoms with Crippen molar-refractivity contribution in [2.75, 3.05) is 19.7 Å². The largest absolute Gasteiger partial charge is 0.462 e. The standard InChI is InChI=1S/C11H17NO3/c1-2-5-12(6-7-13)8-10-3-4-11(9-14)15-10/h2-4,13-14H,1,5-9H2. The number of aliphatic hydroxyl groups is 2. The minimum absolute atomic E-state index is 0.0819. The first-order valence-electron chi connectivity index (χ1n) is 4.92. The molecule has 0 unspecified atom stereocenters. The fourth-order valence-electron chi connectivity index (χ4n) is 1.37. The maximum absolute atomic E-state index is 8.85. The predicted molar refractivity (Wildman–Crippen MR) is 57.2 cm³/mol. The second-order valence-electron chi connectivity index (χ2n) is 3.27. The van der Waals surface area contributed by atoms with Crippen molar-refractivity contribution < 1.29 is 14.6 Å². The van der Waals surface area contributed by atoms with E-state index >= 15 is 0 Å². The highest BCUT2D eigenvalue weighted by atomic mass is 16.4. The van der Waals surface area contributed by atoms with Crippen molar-refractivity contribution in [1.82, 2.24) is 4.90 Å². The van der Waals surface area contributed by atoms with Gasteiger partial charge in [-0.15, -0.1) is 6.58 Å². The monoisotopic (exact) mass is 211 g/mol. The van der Waals surface area contributed by atoms with Gasteiger partial charge in [0, 0.05) is 13.1 Å². The predicted octanol–water partition coefficient (Wildman–Crippen LogP) is 0.752. The second-order valence-corrected chi connectivity index (χ2v) is 3.27. The maximum atomic E-state index is 8.85. The van der Waals surface area contributed by atoms with E-state index in [1.165, 1.54) is 0 Å². The highest BCUT2D eigenvalue weighted by Crippen LogP contribution is 2.10. The summed E-state index contributed by atoms with van der Waals surface area (Å²) in [5.41, 5.74) is 0. The minimum atomic E-state index is -0.0819. The lowest BCUT2D eigenvalue weighted by Crippen LogP contribution is -2.26. The Morgan fingerprint density at radius 1 is 1.33 bits per heavy atom. The quantitative estimate of drug-likeness (QED) is 0.653. The molecule has 0 saturated heterocycles. The van der Waals surface area contributed by atoms with Crippen LogP contribution in [-0.4, -0.2) is 34.8 Å². The first kappa shape index (κ1) is 12.0. The molecule has 0 atom stereocenters. The van der Waals surface area contributed by atoms with Gasteiger partial charge in [0.05, 0.1) is 13.2 Å². The van der Waals surface area contributed by atoms with E-state index in [4.69, 9.17) is 14.6 Å². The molecule has 0 aliphatic heterocycles. The topological polar surface area (TPSA) is 56.8 Å². The van der Waals surface area contributed by atoms with Gasteiger partial charge < -0.3 is 14.6 Å². The molecule has 1 aromatic heterocycles. The molecule has 1 rings (SSSR count). The van der Waals surface area contributed by atoms with Gasteiger partial charge in [0.1, 0.15) is 18.1 Å². The molecule has 1 aromatic rings. The summed E-state index contributed by atoms with van der Waals surface area (Å²) in [4.78, 5) is 2.01. The van der Waals surface area contributed by atoms with Crippen LogP contribution in [0.5, 0.6) is 0 Å². The van der Waals surface area contributed by atoms with Crippen LogP contribution in [0.15, 0.2) is 29.2 Å². The van der Waals surface area contributed by atoms with Crippen LogP contribution in [0.25, 0.3) is 0 Å². The molecule has 0 spiro atoms. The summed E-state index contributed by atoms with van der Waals surface area (Å²) in [5.74, 6) is 1.35. The highest BCUT2D eigenvalue weighted by molar-refractivity contribution is 5.06. The third-order valence-electron chi connectivity index (χ3n) is 2.06. The van der Waals surface area contributed by atoms with E-state index in [1.54, 1.807) is 12.1 Å². The molecule has 4 heteroatoms. The number of aliphatic hydroxyl groups excluding tert-OH is 2. The van der Waals surface area contributed by atoms with E-state index in [2.05, 4.69) is 6.58 Å². The van der Waals surface area contributed by atoms with Gasteiger partial charge in [-0.2, -0.15) is 0 Å². The normalized spacial score (nSPS) is 10.9. The number of nitrogens with zero attached hydrogens (tertiary/aromatic N) is 1. The van der Waals surface area contributed by atoms with Crippen LogP contribution in [0.1, 0.15) is 11.5 Å². The number of rotatable bonds is 7. The average molecular weight is 211 g/mol. The Morgan fingerprint density at radius 2 is 2.07 bits per heavy atom. The molecule has 0 amide bonds. The summed E-state index contributed by atoms with van der Waals surface area (Å²) >= 11 is 0. The molecule has 2 N–H and O–H groups in total. The van der Waals surface area contributed by atoms with Crippen LogP contribution < -0.4 is 0 Å². The molecular weight excluding hydrogens is 194 g/mol. The summed E-state index contributed by atoms with van der Waals surface area (Å²) in [5, 5.41) is 17.7. The Hall–Kier alpha value is -1.10. The zero-order chi connectivity index (χ0) is 11.1. The Bertz CT molecular complexity index is 296. The fourth-order valence-corrected chi connectivity index (χ4v) is 1.37. The lowest BCUT2D eigenvalue weighted by Gasteiger charge is -2.17. The first-order valence-corrected chi connectivity index (χ1v) is 4.92. The van der Waals surface area contributed by atoms with Crippen molar-refractivity contribution >= 4 is 0 Å². The second kappa shape index (κ2) is 6.40. The Kier molecular flexibility index (Phi) is 5.10. The van der Waals surface area contributed by atoms with Crippen LogP contribution >= 0.6 is 0 Å². The van der Waals surface area contributed by atoms with Gasteiger partial charge in [0.15, 0.2) is 0 Å². The van der Waals surface area contributed by atoms with Crippen LogP contribution in [0.2, 0.25) is 0 Å². The lowest BCUT2D eigenvalue weighted by atomic mass is 10.3. The SMILES string of the molecule is C=CCN(CCO)Cc1ccc(CO)o1. The smallest absolute Gasteiger partial charge is 0.129 e. The van der Waals surface area contributed by atoms with Crippen molar-refractivity contribution in [1.29, 1.82) is 0 Å². The summed E-state index contributed by atoms with van der Waals surface area (Å²) < 4.78 is 5.35. The Balaban J connectivity index is 2.52. The average Bonchev–Trinajstić information content (AvgIpc) is 2.66. The van der Waals surface area contributed by atoms with Crippen molar-refractivity contribution in [2.24, 2.45) is 0 Å². The van der Waals surface area contributed by atoms with Crippen LogP contribution in [-0.2, 0) is 13.2 Å². The van der Waals surface area contributed by atoms with Crippen LogP contribution in [0.4, 0.5) is 0 Å². The summed E-state index contributed by atoms with van der Waals surface area (Å²) in [6, 6.07) is 3.58. The van der Waals surface area contributed by atoms with Crippen LogP contribution in [0, 0.1) is 0 Å². The van der Waals surface area contributed by atoms with Gasteiger partial charge in [0.2, 0.25) is 0 Å². The molecular formula is C11H17NO3. The number of hydrogen-bond donors (Lipinski definition) is 2. The van der Waals surface area contributed by atoms with Gasteiger partial charge in [-0.25, -0.2) is 0 Å². The van der Waals surface area contributed by atoms with Crippen molar-refractivity contribution in [3.63, 3.8) is 0 Å². The molecule has 0 aliphatic carbocycles. The van der Waals surface area contributed by atoms with E-state index in [0.29, 0.717) is 25.4 Å². The third-order valence-corrected chi connectivity index (χ3v) is 2.06. The molecule has 0 radical (unpaired) electrons. The van der Waals surface area contributed by atoms with E-state index in [0.717, 1.165) is 5.76 Å².